The lowest BCUT2D eigenvalue weighted by Crippen LogP contribution is -2.36. The number of hydrogen-bond donors (Lipinski definition) is 0. The number of anilines is 1. The number of aromatic nitrogens is 2. The van der Waals surface area contributed by atoms with E-state index in [9.17, 15) is 13.2 Å². The molecule has 4 nitrogen and oxygen atoms in total. The van der Waals surface area contributed by atoms with E-state index in [1.807, 2.05) is 32.3 Å². The van der Waals surface area contributed by atoms with E-state index < -0.39 is 11.7 Å². The minimum atomic E-state index is -4.35. The Morgan fingerprint density at radius 1 is 1.03 bits per heavy atom. The Morgan fingerprint density at radius 3 is 2.35 bits per heavy atom. The maximum absolute atomic E-state index is 13.3. The van der Waals surface area contributed by atoms with E-state index in [1.165, 1.54) is 13.0 Å². The monoisotopic (exact) mass is 433 g/mol. The molecule has 0 N–H and O–H groups in total. The molecular weight excluding hydrogens is 403 g/mol. The first-order valence-electron chi connectivity index (χ1n) is 10.7. The first-order valence-corrected chi connectivity index (χ1v) is 10.7. The molecule has 168 valence electrons. The third kappa shape index (κ3) is 4.71. The molecule has 1 fully saturated rings. The zero-order valence-corrected chi connectivity index (χ0v) is 18.8. The second-order valence-corrected chi connectivity index (χ2v) is 7.56. The summed E-state index contributed by atoms with van der Waals surface area (Å²) >= 11 is 0. The van der Waals surface area contributed by atoms with Crippen LogP contribution in [0.2, 0.25) is 0 Å². The Hall–Kier alpha value is -2.54. The van der Waals surface area contributed by atoms with Crippen molar-refractivity contribution in [2.45, 2.75) is 47.3 Å². The SMILES string of the molecule is CC.Cc1c(Cn2c(C)nc3c(C)cc(N4CCOCC4)cc32)cccc1C(F)(F)F. The van der Waals surface area contributed by atoms with E-state index >= 15 is 0 Å². The van der Waals surface area contributed by atoms with Gasteiger partial charge in [-0.05, 0) is 55.7 Å². The van der Waals surface area contributed by atoms with Crippen LogP contribution in [0.25, 0.3) is 11.0 Å². The van der Waals surface area contributed by atoms with Crippen LogP contribution in [-0.4, -0.2) is 35.9 Å². The number of fused-ring (bicyclic) bond motifs is 1. The van der Waals surface area contributed by atoms with Crippen LogP contribution in [0.15, 0.2) is 30.3 Å². The summed E-state index contributed by atoms with van der Waals surface area (Å²) < 4.78 is 47.4. The lowest BCUT2D eigenvalue weighted by Gasteiger charge is -2.29. The average molecular weight is 434 g/mol. The van der Waals surface area contributed by atoms with E-state index in [-0.39, 0.29) is 5.56 Å². The molecule has 0 amide bonds. The number of alkyl halides is 3. The molecule has 4 rings (SSSR count). The summed E-state index contributed by atoms with van der Waals surface area (Å²) in [6.45, 7) is 12.9. The van der Waals surface area contributed by atoms with Gasteiger partial charge in [0, 0.05) is 25.3 Å². The number of rotatable bonds is 3. The fraction of sp³-hybridized carbons (Fsp3) is 0.458. The van der Waals surface area contributed by atoms with E-state index in [2.05, 4.69) is 17.0 Å². The van der Waals surface area contributed by atoms with Crippen molar-refractivity contribution in [1.82, 2.24) is 9.55 Å². The van der Waals surface area contributed by atoms with Gasteiger partial charge in [0.2, 0.25) is 0 Å². The minimum absolute atomic E-state index is 0.266. The minimum Gasteiger partial charge on any atom is -0.378 e. The molecule has 0 atom stereocenters. The standard InChI is InChI=1S/C22H24F3N3O.C2H6/c1-14-11-18(27-7-9-29-10-8-27)12-20-21(14)26-16(3)28(20)13-17-5-4-6-19(15(17)2)22(23,24)25;1-2/h4-6,11-12H,7-10,13H2,1-3H3;1-2H3. The molecule has 1 aromatic heterocycles. The van der Waals surface area contributed by atoms with Gasteiger partial charge >= 0.3 is 6.18 Å². The third-order valence-corrected chi connectivity index (χ3v) is 5.68. The van der Waals surface area contributed by atoms with E-state index in [0.29, 0.717) is 25.3 Å². The van der Waals surface area contributed by atoms with Crippen LogP contribution in [0.3, 0.4) is 0 Å². The largest absolute Gasteiger partial charge is 0.416 e. The molecule has 1 aliphatic heterocycles. The summed E-state index contributed by atoms with van der Waals surface area (Å²) in [7, 11) is 0. The molecule has 0 bridgehead atoms. The summed E-state index contributed by atoms with van der Waals surface area (Å²) in [6, 6.07) is 8.59. The van der Waals surface area contributed by atoms with Gasteiger partial charge in [0.05, 0.1) is 29.8 Å². The average Bonchev–Trinajstić information content (AvgIpc) is 3.07. The molecule has 2 heterocycles. The highest BCUT2D eigenvalue weighted by Crippen LogP contribution is 2.34. The summed E-state index contributed by atoms with van der Waals surface area (Å²) in [5, 5.41) is 0. The molecule has 7 heteroatoms. The van der Waals surface area contributed by atoms with Crippen molar-refractivity contribution in [2.24, 2.45) is 0 Å². The Bertz CT molecular complexity index is 1050. The van der Waals surface area contributed by atoms with Crippen LogP contribution in [0.4, 0.5) is 18.9 Å². The summed E-state index contributed by atoms with van der Waals surface area (Å²) in [5.41, 5.74) is 4.33. The van der Waals surface area contributed by atoms with E-state index in [1.54, 1.807) is 6.07 Å². The predicted octanol–water partition coefficient (Wildman–Crippen LogP) is 5.89. The molecular formula is C24H30F3N3O. The Kier molecular flexibility index (Phi) is 6.94. The number of ether oxygens (including phenoxy) is 1. The van der Waals surface area contributed by atoms with Crippen molar-refractivity contribution >= 4 is 16.7 Å². The molecule has 1 saturated heterocycles. The van der Waals surface area contributed by atoms with Gasteiger partial charge in [-0.1, -0.05) is 26.0 Å². The van der Waals surface area contributed by atoms with Crippen LogP contribution in [-0.2, 0) is 17.5 Å². The second-order valence-electron chi connectivity index (χ2n) is 7.56. The van der Waals surface area contributed by atoms with Gasteiger partial charge in [0.25, 0.3) is 0 Å². The normalized spacial score (nSPS) is 14.5. The van der Waals surface area contributed by atoms with Crippen LogP contribution >= 0.6 is 0 Å². The van der Waals surface area contributed by atoms with Crippen molar-refractivity contribution < 1.29 is 17.9 Å². The molecule has 0 aliphatic carbocycles. The molecule has 0 unspecified atom stereocenters. The maximum atomic E-state index is 13.3. The number of nitrogens with zero attached hydrogens (tertiary/aromatic N) is 3. The van der Waals surface area contributed by atoms with Gasteiger partial charge in [-0.15, -0.1) is 0 Å². The number of benzene rings is 2. The summed E-state index contributed by atoms with van der Waals surface area (Å²) in [6.07, 6.45) is -4.35. The molecule has 31 heavy (non-hydrogen) atoms. The zero-order chi connectivity index (χ0) is 22.8. The first-order chi connectivity index (χ1) is 14.8. The summed E-state index contributed by atoms with van der Waals surface area (Å²) in [4.78, 5) is 6.97. The van der Waals surface area contributed by atoms with E-state index in [4.69, 9.17) is 9.72 Å². The van der Waals surface area contributed by atoms with Crippen molar-refractivity contribution in [3.63, 3.8) is 0 Å². The topological polar surface area (TPSA) is 30.3 Å². The smallest absolute Gasteiger partial charge is 0.378 e. The second kappa shape index (κ2) is 9.30. The van der Waals surface area contributed by atoms with Crippen LogP contribution in [0.1, 0.15) is 41.9 Å². The first kappa shape index (κ1) is 23.1. The highest BCUT2D eigenvalue weighted by molar-refractivity contribution is 5.84. The van der Waals surface area contributed by atoms with Gasteiger partial charge in [-0.2, -0.15) is 13.2 Å². The van der Waals surface area contributed by atoms with Crippen LogP contribution in [0, 0.1) is 20.8 Å². The molecule has 3 aromatic rings. The van der Waals surface area contributed by atoms with Gasteiger partial charge in [0.1, 0.15) is 5.82 Å². The zero-order valence-electron chi connectivity index (χ0n) is 18.8. The third-order valence-electron chi connectivity index (χ3n) is 5.68. The quantitative estimate of drug-likeness (QED) is 0.516. The van der Waals surface area contributed by atoms with Gasteiger partial charge in [0.15, 0.2) is 0 Å². The van der Waals surface area contributed by atoms with E-state index in [0.717, 1.165) is 47.3 Å². The lowest BCUT2D eigenvalue weighted by molar-refractivity contribution is -0.138. The maximum Gasteiger partial charge on any atom is 0.416 e. The Balaban J connectivity index is 0.00000132. The fourth-order valence-electron chi connectivity index (χ4n) is 4.03. The lowest BCUT2D eigenvalue weighted by atomic mass is 10.0. The highest BCUT2D eigenvalue weighted by atomic mass is 19.4. The van der Waals surface area contributed by atoms with Crippen LogP contribution in [0.5, 0.6) is 0 Å². The Morgan fingerprint density at radius 2 is 1.71 bits per heavy atom. The Labute approximate surface area is 181 Å². The van der Waals surface area contributed by atoms with Crippen molar-refractivity contribution in [3.8, 4) is 0 Å². The molecule has 0 spiro atoms. The van der Waals surface area contributed by atoms with Gasteiger partial charge in [-0.25, -0.2) is 4.98 Å². The van der Waals surface area contributed by atoms with Crippen molar-refractivity contribution in [2.75, 3.05) is 31.2 Å². The number of hydrogen-bond acceptors (Lipinski definition) is 3. The molecule has 0 saturated carbocycles. The molecule has 2 aromatic carbocycles. The highest BCUT2D eigenvalue weighted by Gasteiger charge is 2.32. The number of aryl methyl sites for hydroxylation is 2. The van der Waals surface area contributed by atoms with Gasteiger partial charge in [-0.3, -0.25) is 0 Å². The van der Waals surface area contributed by atoms with Crippen LogP contribution < -0.4 is 4.90 Å². The van der Waals surface area contributed by atoms with Gasteiger partial charge < -0.3 is 14.2 Å². The van der Waals surface area contributed by atoms with Crippen molar-refractivity contribution in [3.05, 3.63) is 58.4 Å². The van der Waals surface area contributed by atoms with Crippen molar-refractivity contribution in [1.29, 1.82) is 0 Å². The summed E-state index contributed by atoms with van der Waals surface area (Å²) in [5.74, 6) is 0.791. The molecule has 1 aliphatic rings. The number of morpholine rings is 1. The predicted molar refractivity (Wildman–Crippen MR) is 119 cm³/mol. The molecule has 0 radical (unpaired) electrons. The number of halogens is 3. The fourth-order valence-corrected chi connectivity index (χ4v) is 4.03. The number of imidazole rings is 1.